The maximum atomic E-state index is 12.7. The van der Waals surface area contributed by atoms with E-state index in [9.17, 15) is 9.90 Å². The van der Waals surface area contributed by atoms with Crippen LogP contribution in [0.1, 0.15) is 46.9 Å². The maximum absolute atomic E-state index is 12.7. The first-order valence-electron chi connectivity index (χ1n) is 8.23. The van der Waals surface area contributed by atoms with E-state index in [1.165, 1.54) is 0 Å². The molecule has 2 aromatic rings. The zero-order valence-electron chi connectivity index (χ0n) is 13.4. The predicted molar refractivity (Wildman–Crippen MR) is 91.2 cm³/mol. The average Bonchev–Trinajstić information content (AvgIpc) is 3.10. The number of hydrogen-bond donors (Lipinski definition) is 1. The Hall–Kier alpha value is -2.64. The molecule has 1 heterocycles. The third-order valence-electron chi connectivity index (χ3n) is 4.58. The summed E-state index contributed by atoms with van der Waals surface area (Å²) >= 11 is 0. The Morgan fingerprint density at radius 2 is 1.92 bits per heavy atom. The molecule has 0 saturated carbocycles. The molecule has 0 bridgehead atoms. The Morgan fingerprint density at radius 3 is 2.58 bits per heavy atom. The van der Waals surface area contributed by atoms with Crippen LogP contribution in [-0.2, 0) is 0 Å². The molecule has 0 radical (unpaired) electrons. The van der Waals surface area contributed by atoms with Crippen LogP contribution in [-0.4, -0.2) is 28.5 Å². The number of hydrogen-bond acceptors (Lipinski definition) is 3. The third kappa shape index (κ3) is 3.47. The summed E-state index contributed by atoms with van der Waals surface area (Å²) in [6.07, 6.45) is 1.84. The van der Waals surface area contributed by atoms with Gasteiger partial charge in [0.1, 0.15) is 0 Å². The van der Waals surface area contributed by atoms with E-state index in [2.05, 4.69) is 6.07 Å². The smallest absolute Gasteiger partial charge is 0.254 e. The first-order chi connectivity index (χ1) is 11.7. The van der Waals surface area contributed by atoms with Crippen LogP contribution >= 0.6 is 0 Å². The quantitative estimate of drug-likeness (QED) is 0.940. The summed E-state index contributed by atoms with van der Waals surface area (Å²) in [6, 6.07) is 18.4. The van der Waals surface area contributed by atoms with Crippen LogP contribution < -0.4 is 0 Å². The van der Waals surface area contributed by atoms with Gasteiger partial charge in [-0.05, 0) is 49.1 Å². The monoisotopic (exact) mass is 320 g/mol. The Labute approximate surface area is 142 Å². The molecule has 2 aromatic carbocycles. The van der Waals surface area contributed by atoms with Crippen LogP contribution in [0.5, 0.6) is 0 Å². The highest BCUT2D eigenvalue weighted by atomic mass is 16.3. The van der Waals surface area contributed by atoms with Crippen molar-refractivity contribution < 1.29 is 9.90 Å². The van der Waals surface area contributed by atoms with Gasteiger partial charge in [0.2, 0.25) is 0 Å². The Kier molecular flexibility index (Phi) is 4.93. The second-order valence-electron chi connectivity index (χ2n) is 6.15. The van der Waals surface area contributed by atoms with Crippen LogP contribution in [0.2, 0.25) is 0 Å². The zero-order valence-corrected chi connectivity index (χ0v) is 13.4. The van der Waals surface area contributed by atoms with Crippen LogP contribution in [0, 0.1) is 11.3 Å². The molecule has 122 valence electrons. The van der Waals surface area contributed by atoms with Crippen molar-refractivity contribution in [3.8, 4) is 6.07 Å². The average molecular weight is 320 g/mol. The number of benzene rings is 2. The first-order valence-corrected chi connectivity index (χ1v) is 8.23. The summed E-state index contributed by atoms with van der Waals surface area (Å²) < 4.78 is 0. The maximum Gasteiger partial charge on any atom is 0.254 e. The standard InChI is InChI=1S/C20H20N2O2/c21-14-15-8-10-17(11-9-15)20(24)22-12-4-7-18(22)13-19(23)16-5-2-1-3-6-16/h1-3,5-6,8-11,18-19,23H,4,7,12-13H2. The summed E-state index contributed by atoms with van der Waals surface area (Å²) in [4.78, 5) is 14.6. The Balaban J connectivity index is 1.70. The summed E-state index contributed by atoms with van der Waals surface area (Å²) in [5.41, 5.74) is 2.02. The molecule has 1 amide bonds. The third-order valence-corrected chi connectivity index (χ3v) is 4.58. The van der Waals surface area contributed by atoms with E-state index in [-0.39, 0.29) is 11.9 Å². The summed E-state index contributed by atoms with van der Waals surface area (Å²) in [6.45, 7) is 0.713. The van der Waals surface area contributed by atoms with Crippen molar-refractivity contribution in [1.82, 2.24) is 4.90 Å². The molecule has 4 nitrogen and oxygen atoms in total. The Bertz CT molecular complexity index is 734. The van der Waals surface area contributed by atoms with Gasteiger partial charge in [-0.15, -0.1) is 0 Å². The lowest BCUT2D eigenvalue weighted by atomic mass is 10.00. The molecule has 1 aliphatic rings. The van der Waals surface area contributed by atoms with Crippen LogP contribution in [0.4, 0.5) is 0 Å². The van der Waals surface area contributed by atoms with Crippen molar-refractivity contribution in [1.29, 1.82) is 5.26 Å². The highest BCUT2D eigenvalue weighted by molar-refractivity contribution is 5.94. The fraction of sp³-hybridized carbons (Fsp3) is 0.300. The van der Waals surface area contributed by atoms with E-state index in [4.69, 9.17) is 5.26 Å². The summed E-state index contributed by atoms with van der Waals surface area (Å²) in [5, 5.41) is 19.3. The minimum absolute atomic E-state index is 0.0257. The van der Waals surface area contributed by atoms with E-state index in [0.29, 0.717) is 24.1 Å². The molecule has 3 rings (SSSR count). The number of nitrogens with zero attached hydrogens (tertiary/aromatic N) is 2. The van der Waals surface area contributed by atoms with Gasteiger partial charge in [0, 0.05) is 18.2 Å². The molecule has 0 aliphatic carbocycles. The SMILES string of the molecule is N#Cc1ccc(C(=O)N2CCCC2CC(O)c2ccccc2)cc1. The van der Waals surface area contributed by atoms with Gasteiger partial charge in [-0.25, -0.2) is 0 Å². The highest BCUT2D eigenvalue weighted by Gasteiger charge is 2.31. The number of aliphatic hydroxyl groups excluding tert-OH is 1. The molecule has 2 atom stereocenters. The second-order valence-corrected chi connectivity index (χ2v) is 6.15. The van der Waals surface area contributed by atoms with Gasteiger partial charge in [0.05, 0.1) is 17.7 Å². The molecular formula is C20H20N2O2. The van der Waals surface area contributed by atoms with Crippen molar-refractivity contribution >= 4 is 5.91 Å². The van der Waals surface area contributed by atoms with E-state index in [1.54, 1.807) is 24.3 Å². The number of aliphatic hydroxyl groups is 1. The highest BCUT2D eigenvalue weighted by Crippen LogP contribution is 2.28. The van der Waals surface area contributed by atoms with Crippen molar-refractivity contribution in [2.24, 2.45) is 0 Å². The van der Waals surface area contributed by atoms with Gasteiger partial charge in [-0.2, -0.15) is 5.26 Å². The number of carbonyl (C=O) groups is 1. The molecule has 1 saturated heterocycles. The second kappa shape index (κ2) is 7.29. The minimum Gasteiger partial charge on any atom is -0.388 e. The van der Waals surface area contributed by atoms with Crippen LogP contribution in [0.15, 0.2) is 54.6 Å². The van der Waals surface area contributed by atoms with Gasteiger partial charge >= 0.3 is 0 Å². The number of likely N-dealkylation sites (tertiary alicyclic amines) is 1. The van der Waals surface area contributed by atoms with E-state index >= 15 is 0 Å². The van der Waals surface area contributed by atoms with E-state index in [1.807, 2.05) is 35.2 Å². The van der Waals surface area contributed by atoms with Crippen molar-refractivity contribution in [2.75, 3.05) is 6.54 Å². The minimum atomic E-state index is -0.564. The first kappa shape index (κ1) is 16.2. The van der Waals surface area contributed by atoms with E-state index < -0.39 is 6.10 Å². The van der Waals surface area contributed by atoms with Crippen LogP contribution in [0.3, 0.4) is 0 Å². The molecule has 4 heteroatoms. The number of nitriles is 1. The number of carbonyl (C=O) groups excluding carboxylic acids is 1. The van der Waals surface area contributed by atoms with Gasteiger partial charge in [-0.1, -0.05) is 30.3 Å². The molecule has 0 aromatic heterocycles. The van der Waals surface area contributed by atoms with Crippen LogP contribution in [0.25, 0.3) is 0 Å². The molecule has 0 spiro atoms. The lowest BCUT2D eigenvalue weighted by Gasteiger charge is -2.27. The number of amides is 1. The zero-order chi connectivity index (χ0) is 16.9. The van der Waals surface area contributed by atoms with Crippen molar-refractivity contribution in [3.05, 3.63) is 71.3 Å². The largest absolute Gasteiger partial charge is 0.388 e. The molecule has 2 unspecified atom stereocenters. The molecule has 1 N–H and O–H groups in total. The Morgan fingerprint density at radius 1 is 1.21 bits per heavy atom. The van der Waals surface area contributed by atoms with Crippen molar-refractivity contribution in [3.63, 3.8) is 0 Å². The summed E-state index contributed by atoms with van der Waals surface area (Å²) in [7, 11) is 0. The van der Waals surface area contributed by atoms with Gasteiger partial charge in [0.25, 0.3) is 5.91 Å². The molecular weight excluding hydrogens is 300 g/mol. The van der Waals surface area contributed by atoms with Gasteiger partial charge in [-0.3, -0.25) is 4.79 Å². The summed E-state index contributed by atoms with van der Waals surface area (Å²) in [5.74, 6) is -0.0257. The van der Waals surface area contributed by atoms with E-state index in [0.717, 1.165) is 18.4 Å². The van der Waals surface area contributed by atoms with Gasteiger partial charge < -0.3 is 10.0 Å². The molecule has 1 aliphatic heterocycles. The lowest BCUT2D eigenvalue weighted by Crippen LogP contribution is -2.36. The molecule has 24 heavy (non-hydrogen) atoms. The van der Waals surface area contributed by atoms with Gasteiger partial charge in [0.15, 0.2) is 0 Å². The topological polar surface area (TPSA) is 64.3 Å². The number of rotatable bonds is 4. The lowest BCUT2D eigenvalue weighted by molar-refractivity contribution is 0.0667. The van der Waals surface area contributed by atoms with Crippen molar-refractivity contribution in [2.45, 2.75) is 31.4 Å². The molecule has 1 fully saturated rings. The normalized spacial score (nSPS) is 18.2. The predicted octanol–water partition coefficient (Wildman–Crippen LogP) is 3.29. The fourth-order valence-electron chi connectivity index (χ4n) is 3.27. The fourth-order valence-corrected chi connectivity index (χ4v) is 3.27.